The minimum Gasteiger partial charge on any atom is -0.344 e. The number of hydrogen-bond acceptors (Lipinski definition) is 5. The molecular formula is C16H13N5. The van der Waals surface area contributed by atoms with E-state index in [9.17, 15) is 5.26 Å². The first kappa shape index (κ1) is 15.8. The van der Waals surface area contributed by atoms with Gasteiger partial charge in [0.05, 0.1) is 11.3 Å². The zero-order valence-electron chi connectivity index (χ0n) is 12.0. The summed E-state index contributed by atoms with van der Waals surface area (Å²) in [7, 11) is 0. The van der Waals surface area contributed by atoms with Crippen LogP contribution >= 0.6 is 0 Å². The molecule has 1 aromatic carbocycles. The summed E-state index contributed by atoms with van der Waals surface area (Å²) in [5, 5.41) is 38.5. The Morgan fingerprint density at radius 1 is 1.00 bits per heavy atom. The highest BCUT2D eigenvalue weighted by Gasteiger charge is 2.16. The molecule has 0 fully saturated rings. The highest BCUT2D eigenvalue weighted by atomic mass is 14.9. The number of rotatable bonds is 2. The van der Waals surface area contributed by atoms with Gasteiger partial charge in [-0.05, 0) is 23.1 Å². The predicted octanol–water partition coefficient (Wildman–Crippen LogP) is 3.09. The molecule has 0 radical (unpaired) electrons. The van der Waals surface area contributed by atoms with Crippen LogP contribution in [0.5, 0.6) is 0 Å². The van der Waals surface area contributed by atoms with Gasteiger partial charge in [-0.3, -0.25) is 0 Å². The second-order valence-corrected chi connectivity index (χ2v) is 5.33. The van der Waals surface area contributed by atoms with Crippen molar-refractivity contribution in [1.82, 2.24) is 0 Å². The van der Waals surface area contributed by atoms with Gasteiger partial charge in [0.25, 0.3) is 0 Å². The fourth-order valence-electron chi connectivity index (χ4n) is 1.63. The van der Waals surface area contributed by atoms with Crippen molar-refractivity contribution in [3.63, 3.8) is 0 Å². The lowest BCUT2D eigenvalue weighted by molar-refractivity contribution is 0.590. The van der Waals surface area contributed by atoms with E-state index in [0.29, 0.717) is 11.3 Å². The molecule has 0 saturated heterocycles. The van der Waals surface area contributed by atoms with Crippen LogP contribution in [0.3, 0.4) is 0 Å². The first-order chi connectivity index (χ1) is 9.87. The lowest BCUT2D eigenvalue weighted by Crippen LogP contribution is -2.12. The lowest BCUT2D eigenvalue weighted by atomic mass is 9.86. The van der Waals surface area contributed by atoms with E-state index in [1.54, 1.807) is 30.3 Å². The minimum absolute atomic E-state index is 0.109. The third kappa shape index (κ3) is 3.60. The normalized spacial score (nSPS) is 9.48. The van der Waals surface area contributed by atoms with Crippen LogP contribution in [0.15, 0.2) is 29.5 Å². The number of anilines is 1. The number of benzene rings is 1. The van der Waals surface area contributed by atoms with Gasteiger partial charge in [0.1, 0.15) is 30.0 Å². The van der Waals surface area contributed by atoms with Gasteiger partial charge >= 0.3 is 0 Å². The van der Waals surface area contributed by atoms with Crippen molar-refractivity contribution in [3.8, 4) is 24.3 Å². The van der Waals surface area contributed by atoms with E-state index >= 15 is 0 Å². The first-order valence-corrected chi connectivity index (χ1v) is 6.13. The molecule has 102 valence electrons. The third-order valence-electron chi connectivity index (χ3n) is 2.85. The number of nitrogens with zero attached hydrogens (tertiary/aromatic N) is 4. The van der Waals surface area contributed by atoms with Gasteiger partial charge in [-0.15, -0.1) is 0 Å². The monoisotopic (exact) mass is 275 g/mol. The zero-order chi connectivity index (χ0) is 16.0. The van der Waals surface area contributed by atoms with Crippen molar-refractivity contribution in [1.29, 1.82) is 21.0 Å². The summed E-state index contributed by atoms with van der Waals surface area (Å²) >= 11 is 0. The summed E-state index contributed by atoms with van der Waals surface area (Å²) in [5.41, 5.74) is 1.13. The molecule has 0 bridgehead atoms. The molecule has 0 aliphatic heterocycles. The second kappa shape index (κ2) is 6.25. The molecule has 0 aliphatic carbocycles. The number of nitrogens with one attached hydrogen (secondary N) is 1. The summed E-state index contributed by atoms with van der Waals surface area (Å²) in [5.74, 6) is 0. The van der Waals surface area contributed by atoms with Gasteiger partial charge in [0.2, 0.25) is 0 Å². The van der Waals surface area contributed by atoms with Crippen LogP contribution in [0.2, 0.25) is 0 Å². The van der Waals surface area contributed by atoms with Gasteiger partial charge in [-0.1, -0.05) is 26.8 Å². The summed E-state index contributed by atoms with van der Waals surface area (Å²) in [6.07, 6.45) is 0. The Morgan fingerprint density at radius 2 is 1.62 bits per heavy atom. The zero-order valence-corrected chi connectivity index (χ0v) is 12.0. The molecule has 1 N–H and O–H groups in total. The van der Waals surface area contributed by atoms with Gasteiger partial charge in [-0.25, -0.2) is 0 Å². The van der Waals surface area contributed by atoms with E-state index in [0.717, 1.165) is 5.56 Å². The van der Waals surface area contributed by atoms with Crippen LogP contribution in [-0.2, 0) is 5.41 Å². The van der Waals surface area contributed by atoms with Gasteiger partial charge < -0.3 is 5.32 Å². The average molecular weight is 275 g/mol. The molecule has 0 saturated carbocycles. The first-order valence-electron chi connectivity index (χ1n) is 6.13. The quantitative estimate of drug-likeness (QED) is 0.834. The molecule has 0 atom stereocenters. The maximum atomic E-state index is 9.23. The SMILES string of the molecule is CC(C)(C)c1ccc(NC(C#N)=C(C#N)C#N)c(C#N)c1. The van der Waals surface area contributed by atoms with Crippen molar-refractivity contribution in [2.75, 3.05) is 5.32 Å². The smallest absolute Gasteiger partial charge is 0.163 e. The van der Waals surface area contributed by atoms with Crippen LogP contribution in [0, 0.1) is 45.3 Å². The highest BCUT2D eigenvalue weighted by molar-refractivity contribution is 5.65. The van der Waals surface area contributed by atoms with E-state index in [4.69, 9.17) is 15.8 Å². The topological polar surface area (TPSA) is 107 Å². The minimum atomic E-state index is -0.318. The molecule has 5 heteroatoms. The standard InChI is InChI=1S/C16H13N5/c1-16(2,3)13-4-5-14(11(6-13)7-17)21-15(10-20)12(8-18)9-19/h4-6,21H,1-3H3. The van der Waals surface area contributed by atoms with Crippen LogP contribution in [0.4, 0.5) is 5.69 Å². The van der Waals surface area contributed by atoms with Crippen LogP contribution in [-0.4, -0.2) is 0 Å². The molecule has 0 amide bonds. The van der Waals surface area contributed by atoms with Crippen molar-refractivity contribution in [3.05, 3.63) is 40.6 Å². The number of nitriles is 4. The molecule has 0 unspecified atom stereocenters. The predicted molar refractivity (Wildman–Crippen MR) is 77.3 cm³/mol. The Balaban J connectivity index is 3.33. The molecule has 21 heavy (non-hydrogen) atoms. The molecular weight excluding hydrogens is 262 g/mol. The number of allylic oxidation sites excluding steroid dienone is 2. The van der Waals surface area contributed by atoms with E-state index < -0.39 is 0 Å². The summed E-state index contributed by atoms with van der Waals surface area (Å²) < 4.78 is 0. The van der Waals surface area contributed by atoms with Crippen molar-refractivity contribution >= 4 is 5.69 Å². The third-order valence-corrected chi connectivity index (χ3v) is 2.85. The summed E-state index contributed by atoms with van der Waals surface area (Å²) in [4.78, 5) is 0. The van der Waals surface area contributed by atoms with Crippen molar-refractivity contribution < 1.29 is 0 Å². The number of hydrogen-bond donors (Lipinski definition) is 1. The molecule has 1 aromatic rings. The maximum Gasteiger partial charge on any atom is 0.163 e. The second-order valence-electron chi connectivity index (χ2n) is 5.33. The van der Waals surface area contributed by atoms with E-state index in [-0.39, 0.29) is 16.7 Å². The average Bonchev–Trinajstić information content (AvgIpc) is 2.46. The lowest BCUT2D eigenvalue weighted by Gasteiger charge is -2.20. The fraction of sp³-hybridized carbons (Fsp3) is 0.250. The van der Waals surface area contributed by atoms with Gasteiger partial charge in [0, 0.05) is 0 Å². The summed E-state index contributed by atoms with van der Waals surface area (Å²) in [6, 6.07) is 12.4. The highest BCUT2D eigenvalue weighted by Crippen LogP contribution is 2.27. The molecule has 5 nitrogen and oxygen atoms in total. The molecule has 0 aliphatic rings. The van der Waals surface area contributed by atoms with Crippen LogP contribution < -0.4 is 5.32 Å². The van der Waals surface area contributed by atoms with Crippen molar-refractivity contribution in [2.24, 2.45) is 0 Å². The maximum absolute atomic E-state index is 9.23. The van der Waals surface area contributed by atoms with Gasteiger partial charge in [-0.2, -0.15) is 21.0 Å². The Labute approximate surface area is 124 Å². The van der Waals surface area contributed by atoms with Crippen LogP contribution in [0.25, 0.3) is 0 Å². The molecule has 0 aromatic heterocycles. The molecule has 1 rings (SSSR count). The Hall–Kier alpha value is -3.28. The van der Waals surface area contributed by atoms with E-state index in [1.807, 2.05) is 26.8 Å². The summed E-state index contributed by atoms with van der Waals surface area (Å²) in [6.45, 7) is 6.09. The Kier molecular flexibility index (Phi) is 4.69. The van der Waals surface area contributed by atoms with E-state index in [1.165, 1.54) is 0 Å². The fourth-order valence-corrected chi connectivity index (χ4v) is 1.63. The Bertz CT molecular complexity index is 736. The van der Waals surface area contributed by atoms with Crippen molar-refractivity contribution in [2.45, 2.75) is 26.2 Å². The molecule has 0 heterocycles. The van der Waals surface area contributed by atoms with E-state index in [2.05, 4.69) is 11.4 Å². The van der Waals surface area contributed by atoms with Crippen LogP contribution in [0.1, 0.15) is 31.9 Å². The molecule has 0 spiro atoms. The van der Waals surface area contributed by atoms with Gasteiger partial charge in [0.15, 0.2) is 5.57 Å². The largest absolute Gasteiger partial charge is 0.344 e. The Morgan fingerprint density at radius 3 is 2.05 bits per heavy atom.